The predicted molar refractivity (Wildman–Crippen MR) is 107 cm³/mol. The molecular weight excluding hydrogens is 350 g/mol. The number of rotatable bonds is 4. The van der Waals surface area contributed by atoms with Crippen LogP contribution in [-0.4, -0.2) is 41.9 Å². The Morgan fingerprint density at radius 3 is 2.42 bits per heavy atom. The maximum absolute atomic E-state index is 13.1. The number of nitrogens with one attached hydrogen (secondary N) is 1. The summed E-state index contributed by atoms with van der Waals surface area (Å²) in [7, 11) is 0. The van der Waals surface area contributed by atoms with Crippen LogP contribution in [0.2, 0.25) is 0 Å². The van der Waals surface area contributed by atoms with Crippen LogP contribution in [0.4, 0.5) is 0 Å². The zero-order chi connectivity index (χ0) is 18.8. The van der Waals surface area contributed by atoms with Gasteiger partial charge in [0.25, 0.3) is 5.91 Å². The summed E-state index contributed by atoms with van der Waals surface area (Å²) in [5, 5.41) is 2.95. The van der Waals surface area contributed by atoms with Crippen molar-refractivity contribution >= 4 is 24.2 Å². The molecule has 2 amide bonds. The first-order valence-corrected chi connectivity index (χ1v) is 9.04. The third-order valence-electron chi connectivity index (χ3n) is 5.23. The lowest BCUT2D eigenvalue weighted by molar-refractivity contribution is -0.137. The third kappa shape index (κ3) is 4.98. The number of hydrogen-bond donors (Lipinski definition) is 2. The minimum absolute atomic E-state index is 0. The van der Waals surface area contributed by atoms with Gasteiger partial charge in [-0.1, -0.05) is 45.9 Å². The highest BCUT2D eigenvalue weighted by Gasteiger charge is 2.38. The predicted octanol–water partition coefficient (Wildman–Crippen LogP) is 2.76. The standard InChI is InChI=1S/C20H31N3O2.ClH/c1-13(2)17(22-18(24)15-9-7-6-8-14(15)3)19(25)23-11-10-16(21)20(4,5)12-23;/h6-9,13,16-17H,10-12,21H2,1-5H3,(H,22,24);1H. The van der Waals surface area contributed by atoms with Crippen LogP contribution in [0.1, 0.15) is 50.0 Å². The summed E-state index contributed by atoms with van der Waals surface area (Å²) in [6.07, 6.45) is 0.787. The molecule has 1 aliphatic heterocycles. The Morgan fingerprint density at radius 1 is 1.27 bits per heavy atom. The Hall–Kier alpha value is -1.59. The number of likely N-dealkylation sites (tertiary alicyclic amines) is 1. The molecule has 1 aromatic carbocycles. The average molecular weight is 382 g/mol. The molecule has 0 bridgehead atoms. The second kappa shape index (κ2) is 8.87. The molecule has 6 heteroatoms. The van der Waals surface area contributed by atoms with E-state index in [-0.39, 0.29) is 41.6 Å². The molecule has 1 heterocycles. The van der Waals surface area contributed by atoms with Crippen LogP contribution in [0.3, 0.4) is 0 Å². The maximum atomic E-state index is 13.1. The van der Waals surface area contributed by atoms with Crippen molar-refractivity contribution in [1.29, 1.82) is 0 Å². The molecule has 2 rings (SSSR count). The highest BCUT2D eigenvalue weighted by molar-refractivity contribution is 5.98. The second-order valence-corrected chi connectivity index (χ2v) is 8.15. The highest BCUT2D eigenvalue weighted by atomic mass is 35.5. The molecule has 2 atom stereocenters. The van der Waals surface area contributed by atoms with Crippen molar-refractivity contribution in [1.82, 2.24) is 10.2 Å². The first kappa shape index (κ1) is 22.5. The van der Waals surface area contributed by atoms with Gasteiger partial charge in [-0.3, -0.25) is 9.59 Å². The number of carbonyl (C=O) groups excluding carboxylic acids is 2. The lowest BCUT2D eigenvalue weighted by atomic mass is 9.79. The van der Waals surface area contributed by atoms with Gasteiger partial charge in [-0.05, 0) is 36.3 Å². The Morgan fingerprint density at radius 2 is 1.88 bits per heavy atom. The molecule has 1 aromatic rings. The summed E-state index contributed by atoms with van der Waals surface area (Å²) in [6.45, 7) is 11.3. The van der Waals surface area contributed by atoms with Gasteiger partial charge in [0.15, 0.2) is 0 Å². The molecule has 146 valence electrons. The normalized spacial score (nSPS) is 20.3. The van der Waals surface area contributed by atoms with E-state index in [1.54, 1.807) is 6.07 Å². The van der Waals surface area contributed by atoms with E-state index in [1.807, 2.05) is 43.9 Å². The number of nitrogens with zero attached hydrogens (tertiary/aromatic N) is 1. The molecule has 0 saturated carbocycles. The van der Waals surface area contributed by atoms with Gasteiger partial charge >= 0.3 is 0 Å². The van der Waals surface area contributed by atoms with Crippen molar-refractivity contribution in [2.75, 3.05) is 13.1 Å². The van der Waals surface area contributed by atoms with Crippen molar-refractivity contribution in [3.63, 3.8) is 0 Å². The smallest absolute Gasteiger partial charge is 0.252 e. The first-order chi connectivity index (χ1) is 11.6. The van der Waals surface area contributed by atoms with Crippen molar-refractivity contribution in [3.8, 4) is 0 Å². The summed E-state index contributed by atoms with van der Waals surface area (Å²) in [5.74, 6) is -0.200. The van der Waals surface area contributed by atoms with Crippen LogP contribution in [0.25, 0.3) is 0 Å². The fourth-order valence-electron chi connectivity index (χ4n) is 3.32. The average Bonchev–Trinajstić information content (AvgIpc) is 2.54. The van der Waals surface area contributed by atoms with E-state index in [1.165, 1.54) is 0 Å². The van der Waals surface area contributed by atoms with E-state index in [0.717, 1.165) is 12.0 Å². The number of halogens is 1. The van der Waals surface area contributed by atoms with E-state index in [9.17, 15) is 9.59 Å². The van der Waals surface area contributed by atoms with E-state index < -0.39 is 6.04 Å². The molecule has 0 radical (unpaired) electrons. The van der Waals surface area contributed by atoms with Gasteiger partial charge in [-0.25, -0.2) is 0 Å². The van der Waals surface area contributed by atoms with Gasteiger partial charge in [0, 0.05) is 24.7 Å². The summed E-state index contributed by atoms with van der Waals surface area (Å²) in [4.78, 5) is 27.6. The quantitative estimate of drug-likeness (QED) is 0.841. The van der Waals surface area contributed by atoms with Crippen molar-refractivity contribution < 1.29 is 9.59 Å². The van der Waals surface area contributed by atoms with Gasteiger partial charge in [-0.15, -0.1) is 12.4 Å². The topological polar surface area (TPSA) is 75.4 Å². The van der Waals surface area contributed by atoms with E-state index in [0.29, 0.717) is 18.7 Å². The van der Waals surface area contributed by atoms with Crippen LogP contribution < -0.4 is 11.1 Å². The van der Waals surface area contributed by atoms with Crippen LogP contribution in [-0.2, 0) is 4.79 Å². The molecule has 0 aliphatic carbocycles. The molecule has 1 saturated heterocycles. The monoisotopic (exact) mass is 381 g/mol. The molecule has 1 fully saturated rings. The molecule has 2 unspecified atom stereocenters. The SMILES string of the molecule is Cc1ccccc1C(=O)NC(C(=O)N1CCC(N)C(C)(C)C1)C(C)C.Cl. The largest absolute Gasteiger partial charge is 0.340 e. The van der Waals surface area contributed by atoms with Gasteiger partial charge in [0.2, 0.25) is 5.91 Å². The Balaban J connectivity index is 0.00000338. The number of piperidine rings is 1. The highest BCUT2D eigenvalue weighted by Crippen LogP contribution is 2.28. The number of aryl methyl sites for hydroxylation is 1. The zero-order valence-corrected chi connectivity index (χ0v) is 17.2. The number of amides is 2. The number of benzene rings is 1. The van der Waals surface area contributed by atoms with Gasteiger partial charge in [-0.2, -0.15) is 0 Å². The number of hydrogen-bond acceptors (Lipinski definition) is 3. The zero-order valence-electron chi connectivity index (χ0n) is 16.4. The van der Waals surface area contributed by atoms with Crippen molar-refractivity contribution in [2.24, 2.45) is 17.1 Å². The molecule has 5 nitrogen and oxygen atoms in total. The third-order valence-corrected chi connectivity index (χ3v) is 5.23. The molecule has 0 aromatic heterocycles. The van der Waals surface area contributed by atoms with Gasteiger partial charge < -0.3 is 16.0 Å². The molecule has 26 heavy (non-hydrogen) atoms. The Labute approximate surface area is 163 Å². The summed E-state index contributed by atoms with van der Waals surface area (Å²) in [5.41, 5.74) is 7.58. The Kier molecular flexibility index (Phi) is 7.66. The molecule has 1 aliphatic rings. The van der Waals surface area contributed by atoms with Crippen LogP contribution >= 0.6 is 12.4 Å². The minimum Gasteiger partial charge on any atom is -0.340 e. The lowest BCUT2D eigenvalue weighted by Crippen LogP contribution is -2.59. The maximum Gasteiger partial charge on any atom is 0.252 e. The van der Waals surface area contributed by atoms with E-state index >= 15 is 0 Å². The van der Waals surface area contributed by atoms with E-state index in [2.05, 4.69) is 19.2 Å². The fraction of sp³-hybridized carbons (Fsp3) is 0.600. The summed E-state index contributed by atoms with van der Waals surface area (Å²) >= 11 is 0. The lowest BCUT2D eigenvalue weighted by Gasteiger charge is -2.44. The van der Waals surface area contributed by atoms with Gasteiger partial charge in [0.05, 0.1) is 0 Å². The number of carbonyl (C=O) groups is 2. The summed E-state index contributed by atoms with van der Waals surface area (Å²) in [6, 6.07) is 6.98. The van der Waals surface area contributed by atoms with Crippen molar-refractivity contribution in [2.45, 2.75) is 53.1 Å². The fourth-order valence-corrected chi connectivity index (χ4v) is 3.32. The van der Waals surface area contributed by atoms with E-state index in [4.69, 9.17) is 5.73 Å². The Bertz CT molecular complexity index is 646. The summed E-state index contributed by atoms with van der Waals surface area (Å²) < 4.78 is 0. The molecule has 3 N–H and O–H groups in total. The van der Waals surface area contributed by atoms with Gasteiger partial charge in [0.1, 0.15) is 6.04 Å². The second-order valence-electron chi connectivity index (χ2n) is 8.15. The van der Waals surface area contributed by atoms with Crippen LogP contribution in [0, 0.1) is 18.3 Å². The minimum atomic E-state index is -0.530. The van der Waals surface area contributed by atoms with Crippen LogP contribution in [0.15, 0.2) is 24.3 Å². The van der Waals surface area contributed by atoms with Crippen molar-refractivity contribution in [3.05, 3.63) is 35.4 Å². The first-order valence-electron chi connectivity index (χ1n) is 9.04. The molecular formula is C20H32ClN3O2. The molecule has 0 spiro atoms. The van der Waals surface area contributed by atoms with Crippen LogP contribution in [0.5, 0.6) is 0 Å². The number of nitrogens with two attached hydrogens (primary N) is 1.